The zero-order valence-electron chi connectivity index (χ0n) is 14.9. The summed E-state index contributed by atoms with van der Waals surface area (Å²) in [5, 5.41) is 10.1. The Balaban J connectivity index is 2.40. The predicted molar refractivity (Wildman–Crippen MR) is 101 cm³/mol. The monoisotopic (exact) mass is 342 g/mol. The average molecular weight is 343 g/mol. The van der Waals surface area contributed by atoms with Gasteiger partial charge in [0.25, 0.3) is 0 Å². The fraction of sp³-hybridized carbons (Fsp3) is 0.750. The summed E-state index contributed by atoms with van der Waals surface area (Å²) in [6, 6.07) is 0. The Morgan fingerprint density at radius 2 is 1.95 bits per heavy atom. The van der Waals surface area contributed by atoms with Gasteiger partial charge < -0.3 is 10.6 Å². The summed E-state index contributed by atoms with van der Waals surface area (Å²) in [5.74, 6) is 0.856. The Hall–Kier alpha value is -0.750. The molecular weight excluding hydrogens is 312 g/mol. The van der Waals surface area contributed by atoms with E-state index in [0.29, 0.717) is 0 Å². The maximum absolute atomic E-state index is 4.72. The van der Waals surface area contributed by atoms with Crippen LogP contribution >= 0.6 is 23.1 Å². The molecule has 126 valence electrons. The highest BCUT2D eigenvalue weighted by Gasteiger charge is 2.18. The van der Waals surface area contributed by atoms with Crippen molar-refractivity contribution < 1.29 is 0 Å². The molecule has 0 saturated heterocycles. The van der Waals surface area contributed by atoms with Crippen molar-refractivity contribution in [2.24, 2.45) is 4.99 Å². The normalized spacial score (nSPS) is 13.3. The van der Waals surface area contributed by atoms with E-state index in [1.54, 1.807) is 11.3 Å². The molecule has 0 fully saturated rings. The minimum atomic E-state index is 0.128. The van der Waals surface area contributed by atoms with Gasteiger partial charge in [-0.05, 0) is 20.1 Å². The van der Waals surface area contributed by atoms with Gasteiger partial charge in [-0.1, -0.05) is 20.8 Å². The van der Waals surface area contributed by atoms with Gasteiger partial charge in [0.05, 0.1) is 10.7 Å². The van der Waals surface area contributed by atoms with Crippen LogP contribution in [0.25, 0.3) is 0 Å². The number of aromatic nitrogens is 1. The molecule has 2 N–H and O–H groups in total. The quantitative estimate of drug-likeness (QED) is 0.615. The zero-order valence-corrected chi connectivity index (χ0v) is 16.5. The van der Waals surface area contributed by atoms with Crippen LogP contribution in [0.15, 0.2) is 10.4 Å². The first-order chi connectivity index (χ1) is 10.2. The summed E-state index contributed by atoms with van der Waals surface area (Å²) in [6.07, 6.45) is 3.06. The van der Waals surface area contributed by atoms with Crippen LogP contribution < -0.4 is 10.6 Å². The Bertz CT molecular complexity index is 487. The molecule has 0 unspecified atom stereocenters. The standard InChI is InChI=1S/C16H30N4S2/c1-15(2,3)12-10-22-13(20-12)8-9-18-14(17-6)19-11-16(4,5)21-7/h10H,8-9,11H2,1-7H3,(H2,17,18,19). The Kier molecular flexibility index (Phi) is 7.19. The molecule has 1 rings (SSSR count). The molecule has 0 bridgehead atoms. The van der Waals surface area contributed by atoms with Crippen molar-refractivity contribution >= 4 is 29.1 Å². The summed E-state index contributed by atoms with van der Waals surface area (Å²) >= 11 is 3.59. The third kappa shape index (κ3) is 6.57. The van der Waals surface area contributed by atoms with E-state index in [-0.39, 0.29) is 10.2 Å². The van der Waals surface area contributed by atoms with Crippen molar-refractivity contribution in [1.29, 1.82) is 0 Å². The topological polar surface area (TPSA) is 49.3 Å². The molecule has 0 aliphatic carbocycles. The molecule has 1 heterocycles. The lowest BCUT2D eigenvalue weighted by Gasteiger charge is -2.23. The van der Waals surface area contributed by atoms with Crippen molar-refractivity contribution in [2.45, 2.75) is 51.2 Å². The Morgan fingerprint density at radius 3 is 2.45 bits per heavy atom. The number of guanidine groups is 1. The number of nitrogens with zero attached hydrogens (tertiary/aromatic N) is 2. The SMILES string of the molecule is CN=C(NCCc1nc(C(C)(C)C)cs1)NCC(C)(C)SC. The van der Waals surface area contributed by atoms with Gasteiger partial charge in [-0.25, -0.2) is 4.98 Å². The smallest absolute Gasteiger partial charge is 0.191 e. The molecule has 22 heavy (non-hydrogen) atoms. The van der Waals surface area contributed by atoms with Crippen LogP contribution in [0.4, 0.5) is 0 Å². The first-order valence-corrected chi connectivity index (χ1v) is 9.73. The molecule has 0 aliphatic heterocycles. The van der Waals surface area contributed by atoms with Crippen LogP contribution in [0.1, 0.15) is 45.3 Å². The first-order valence-electron chi connectivity index (χ1n) is 7.62. The summed E-state index contributed by atoms with van der Waals surface area (Å²) < 4.78 is 0.203. The van der Waals surface area contributed by atoms with E-state index in [1.807, 2.05) is 18.8 Å². The molecule has 0 aromatic carbocycles. The van der Waals surface area contributed by atoms with E-state index in [0.717, 1.165) is 25.5 Å². The first kappa shape index (κ1) is 19.3. The molecule has 1 aromatic rings. The third-order valence-corrected chi connectivity index (χ3v) is 5.57. The van der Waals surface area contributed by atoms with Gasteiger partial charge in [0.15, 0.2) is 5.96 Å². The number of rotatable bonds is 6. The Morgan fingerprint density at radius 1 is 1.27 bits per heavy atom. The van der Waals surface area contributed by atoms with E-state index in [1.165, 1.54) is 10.7 Å². The lowest BCUT2D eigenvalue weighted by Crippen LogP contribution is -2.43. The molecule has 4 nitrogen and oxygen atoms in total. The fourth-order valence-corrected chi connectivity index (χ4v) is 2.89. The van der Waals surface area contributed by atoms with Gasteiger partial charge in [0.1, 0.15) is 0 Å². The summed E-state index contributed by atoms with van der Waals surface area (Å²) in [4.78, 5) is 8.99. The molecule has 0 radical (unpaired) electrons. The van der Waals surface area contributed by atoms with E-state index >= 15 is 0 Å². The predicted octanol–water partition coefficient (Wildman–Crippen LogP) is 3.29. The number of hydrogen-bond donors (Lipinski definition) is 2. The van der Waals surface area contributed by atoms with Gasteiger partial charge in [-0.3, -0.25) is 4.99 Å². The molecule has 0 atom stereocenters. The van der Waals surface area contributed by atoms with Crippen LogP contribution in [-0.4, -0.2) is 42.1 Å². The maximum Gasteiger partial charge on any atom is 0.191 e. The zero-order chi connectivity index (χ0) is 16.8. The molecule has 0 spiro atoms. The summed E-state index contributed by atoms with van der Waals surface area (Å²) in [5.41, 5.74) is 1.31. The van der Waals surface area contributed by atoms with Gasteiger partial charge in [-0.15, -0.1) is 11.3 Å². The van der Waals surface area contributed by atoms with Crippen LogP contribution in [0.2, 0.25) is 0 Å². The summed E-state index contributed by atoms with van der Waals surface area (Å²) in [7, 11) is 1.81. The molecule has 0 aliphatic rings. The number of aliphatic imine (C=N–C) groups is 1. The number of thiazole rings is 1. The minimum absolute atomic E-state index is 0.128. The molecule has 1 aromatic heterocycles. The van der Waals surface area contributed by atoms with Gasteiger partial charge >= 0.3 is 0 Å². The van der Waals surface area contributed by atoms with Crippen LogP contribution in [0.3, 0.4) is 0 Å². The van der Waals surface area contributed by atoms with Crippen molar-refractivity contribution in [1.82, 2.24) is 15.6 Å². The van der Waals surface area contributed by atoms with E-state index < -0.39 is 0 Å². The molecule has 0 amide bonds. The average Bonchev–Trinajstić information content (AvgIpc) is 2.91. The van der Waals surface area contributed by atoms with Crippen molar-refractivity contribution in [3.05, 3.63) is 16.1 Å². The van der Waals surface area contributed by atoms with Crippen molar-refractivity contribution in [3.8, 4) is 0 Å². The minimum Gasteiger partial charge on any atom is -0.356 e. The van der Waals surface area contributed by atoms with Crippen molar-refractivity contribution in [2.75, 3.05) is 26.4 Å². The number of thioether (sulfide) groups is 1. The second kappa shape index (κ2) is 8.20. The molecular formula is C16H30N4S2. The van der Waals surface area contributed by atoms with Gasteiger partial charge in [0, 0.05) is 42.1 Å². The number of nitrogens with one attached hydrogen (secondary N) is 2. The van der Waals surface area contributed by atoms with Crippen molar-refractivity contribution in [3.63, 3.8) is 0 Å². The summed E-state index contributed by atoms with van der Waals surface area (Å²) in [6.45, 7) is 12.8. The van der Waals surface area contributed by atoms with E-state index in [9.17, 15) is 0 Å². The number of hydrogen-bond acceptors (Lipinski definition) is 4. The lowest BCUT2D eigenvalue weighted by atomic mass is 9.93. The maximum atomic E-state index is 4.72. The van der Waals surface area contributed by atoms with Gasteiger partial charge in [0.2, 0.25) is 0 Å². The van der Waals surface area contributed by atoms with E-state index in [2.05, 4.69) is 61.9 Å². The molecule has 6 heteroatoms. The van der Waals surface area contributed by atoms with Crippen LogP contribution in [0, 0.1) is 0 Å². The molecule has 0 saturated carbocycles. The Labute approximate surface area is 143 Å². The fourth-order valence-electron chi connectivity index (χ4n) is 1.65. The third-order valence-electron chi connectivity index (χ3n) is 3.41. The van der Waals surface area contributed by atoms with Gasteiger partial charge in [-0.2, -0.15) is 11.8 Å². The highest BCUT2D eigenvalue weighted by atomic mass is 32.2. The van der Waals surface area contributed by atoms with Crippen LogP contribution in [0.5, 0.6) is 0 Å². The second-order valence-corrected chi connectivity index (χ2v) is 9.40. The largest absolute Gasteiger partial charge is 0.356 e. The van der Waals surface area contributed by atoms with E-state index in [4.69, 9.17) is 4.98 Å². The highest BCUT2D eigenvalue weighted by molar-refractivity contribution is 7.99. The lowest BCUT2D eigenvalue weighted by molar-refractivity contribution is 0.570. The second-order valence-electron chi connectivity index (χ2n) is 6.94. The van der Waals surface area contributed by atoms with Crippen LogP contribution in [-0.2, 0) is 11.8 Å². The highest BCUT2D eigenvalue weighted by Crippen LogP contribution is 2.23.